The highest BCUT2D eigenvalue weighted by atomic mass is 35.5. The fourth-order valence-corrected chi connectivity index (χ4v) is 3.42. The van der Waals surface area contributed by atoms with Gasteiger partial charge in [0, 0.05) is 6.42 Å². The smallest absolute Gasteiger partial charge is 0.103 e. The van der Waals surface area contributed by atoms with Gasteiger partial charge >= 0.3 is 0 Å². The minimum Gasteiger partial charge on any atom is -1.00 e. The second-order valence-electron chi connectivity index (χ2n) is 6.26. The lowest BCUT2D eigenvalue weighted by molar-refractivity contribution is -0.0173. The molecule has 2 rings (SSSR count). The standard InChI is InChI=1S/C20H29NO.ClH/c1-3-21(4-2)17-11-10-16-20(22,19-14-8-9-15-19)18-12-6-5-7-13-18;/h5-7,12-13,19,22H,3-4,8-9,14-17H2,1-2H3;1H/p-1. The number of hydrogen-bond donors (Lipinski definition) is 1. The maximum atomic E-state index is 11.3. The van der Waals surface area contributed by atoms with E-state index in [4.69, 9.17) is 0 Å². The lowest BCUT2D eigenvalue weighted by Gasteiger charge is -2.33. The number of hydrogen-bond acceptors (Lipinski definition) is 2. The highest BCUT2D eigenvalue weighted by Gasteiger charge is 2.39. The van der Waals surface area contributed by atoms with Gasteiger partial charge in [0.1, 0.15) is 5.60 Å². The molecular weight excluding hydrogens is 306 g/mol. The van der Waals surface area contributed by atoms with Gasteiger partial charge in [-0.3, -0.25) is 4.90 Å². The third kappa shape index (κ3) is 5.24. The van der Waals surface area contributed by atoms with Crippen LogP contribution >= 0.6 is 0 Å². The van der Waals surface area contributed by atoms with Crippen LogP contribution in [0.4, 0.5) is 0 Å². The quantitative estimate of drug-likeness (QED) is 0.778. The molecule has 0 radical (unpaired) electrons. The van der Waals surface area contributed by atoms with Gasteiger partial charge in [0.2, 0.25) is 0 Å². The molecule has 1 aliphatic carbocycles. The Morgan fingerprint density at radius 3 is 2.26 bits per heavy atom. The Bertz CT molecular complexity index is 497. The number of benzene rings is 1. The summed E-state index contributed by atoms with van der Waals surface area (Å²) in [4.78, 5) is 2.30. The molecule has 1 atom stereocenters. The summed E-state index contributed by atoms with van der Waals surface area (Å²) in [6, 6.07) is 10.1. The summed E-state index contributed by atoms with van der Waals surface area (Å²) in [5.41, 5.74) is 0.243. The van der Waals surface area contributed by atoms with Gasteiger partial charge in [0.05, 0.1) is 6.54 Å². The molecular formula is C20H29ClNO-. The van der Waals surface area contributed by atoms with Crippen LogP contribution < -0.4 is 12.4 Å². The van der Waals surface area contributed by atoms with Gasteiger partial charge in [-0.2, -0.15) is 0 Å². The monoisotopic (exact) mass is 334 g/mol. The average Bonchev–Trinajstić information content (AvgIpc) is 3.11. The van der Waals surface area contributed by atoms with Crippen molar-refractivity contribution < 1.29 is 17.5 Å². The van der Waals surface area contributed by atoms with Crippen molar-refractivity contribution in [1.29, 1.82) is 0 Å². The van der Waals surface area contributed by atoms with Gasteiger partial charge in [-0.05, 0) is 37.4 Å². The van der Waals surface area contributed by atoms with Crippen LogP contribution in [0.15, 0.2) is 30.3 Å². The molecule has 0 aliphatic heterocycles. The van der Waals surface area contributed by atoms with Crippen molar-refractivity contribution in [2.45, 2.75) is 51.6 Å². The second-order valence-corrected chi connectivity index (χ2v) is 6.26. The molecule has 1 saturated carbocycles. The number of rotatable bonds is 6. The molecule has 0 spiro atoms. The van der Waals surface area contributed by atoms with E-state index in [2.05, 4.69) is 30.6 Å². The van der Waals surface area contributed by atoms with Crippen LogP contribution in [0.3, 0.4) is 0 Å². The molecule has 1 aliphatic rings. The maximum absolute atomic E-state index is 11.3. The molecule has 0 bridgehead atoms. The summed E-state index contributed by atoms with van der Waals surface area (Å²) in [7, 11) is 0. The predicted octanol–water partition coefficient (Wildman–Crippen LogP) is 0.804. The van der Waals surface area contributed by atoms with Crippen LogP contribution in [0, 0.1) is 17.8 Å². The second kappa shape index (κ2) is 9.98. The minimum absolute atomic E-state index is 0. The van der Waals surface area contributed by atoms with E-state index in [1.165, 1.54) is 12.8 Å². The first-order valence-electron chi connectivity index (χ1n) is 8.66. The largest absolute Gasteiger partial charge is 1.00 e. The molecule has 0 saturated heterocycles. The Hall–Kier alpha value is -1.01. The van der Waals surface area contributed by atoms with E-state index in [0.717, 1.165) is 38.0 Å². The van der Waals surface area contributed by atoms with Gasteiger partial charge in [-0.25, -0.2) is 0 Å². The summed E-state index contributed by atoms with van der Waals surface area (Å²) in [6.45, 7) is 7.16. The summed E-state index contributed by atoms with van der Waals surface area (Å²) >= 11 is 0. The number of aliphatic hydroxyl groups is 1. The molecule has 1 aromatic carbocycles. The number of nitrogens with zero attached hydrogens (tertiary/aromatic N) is 1. The Morgan fingerprint density at radius 2 is 1.70 bits per heavy atom. The summed E-state index contributed by atoms with van der Waals surface area (Å²) in [6.07, 6.45) is 5.23. The van der Waals surface area contributed by atoms with Crippen LogP contribution in [0.5, 0.6) is 0 Å². The molecule has 0 heterocycles. The van der Waals surface area contributed by atoms with Gasteiger partial charge < -0.3 is 17.5 Å². The van der Waals surface area contributed by atoms with E-state index in [9.17, 15) is 5.11 Å². The third-order valence-corrected chi connectivity index (χ3v) is 4.98. The van der Waals surface area contributed by atoms with Gasteiger partial charge in [-0.15, -0.1) is 0 Å². The highest BCUT2D eigenvalue weighted by Crippen LogP contribution is 2.42. The first-order chi connectivity index (χ1) is 10.7. The van der Waals surface area contributed by atoms with E-state index in [-0.39, 0.29) is 12.4 Å². The Kier molecular flexibility index (Phi) is 8.69. The van der Waals surface area contributed by atoms with Crippen molar-refractivity contribution in [3.63, 3.8) is 0 Å². The molecule has 0 amide bonds. The van der Waals surface area contributed by atoms with E-state index in [0.29, 0.717) is 12.3 Å². The fraction of sp³-hybridized carbons (Fsp3) is 0.600. The topological polar surface area (TPSA) is 23.5 Å². The molecule has 1 fully saturated rings. The van der Waals surface area contributed by atoms with Gasteiger partial charge in [0.15, 0.2) is 0 Å². The van der Waals surface area contributed by atoms with E-state index in [1.807, 2.05) is 30.3 Å². The SMILES string of the molecule is CCN(CC)CC#CCC(O)(c1ccccc1)C1CCCC1.[Cl-]. The molecule has 3 heteroatoms. The maximum Gasteiger partial charge on any atom is 0.103 e. The molecule has 2 nitrogen and oxygen atoms in total. The number of halogens is 1. The molecule has 0 aromatic heterocycles. The Labute approximate surface area is 147 Å². The third-order valence-electron chi connectivity index (χ3n) is 4.98. The molecule has 23 heavy (non-hydrogen) atoms. The molecule has 1 N–H and O–H groups in total. The van der Waals surface area contributed by atoms with Crippen LogP contribution in [-0.2, 0) is 5.60 Å². The summed E-state index contributed by atoms with van der Waals surface area (Å²) < 4.78 is 0. The first kappa shape index (κ1) is 20.0. The minimum atomic E-state index is -0.784. The first-order valence-corrected chi connectivity index (χ1v) is 8.66. The lowest BCUT2D eigenvalue weighted by Crippen LogP contribution is -3.00. The van der Waals surface area contributed by atoms with Crippen molar-refractivity contribution in [2.24, 2.45) is 5.92 Å². The predicted molar refractivity (Wildman–Crippen MR) is 92.5 cm³/mol. The van der Waals surface area contributed by atoms with E-state index >= 15 is 0 Å². The van der Waals surface area contributed by atoms with Crippen LogP contribution in [0.1, 0.15) is 51.5 Å². The van der Waals surface area contributed by atoms with Crippen LogP contribution in [-0.4, -0.2) is 29.6 Å². The van der Waals surface area contributed by atoms with E-state index < -0.39 is 5.60 Å². The summed E-state index contributed by atoms with van der Waals surface area (Å²) in [5, 5.41) is 11.3. The zero-order chi connectivity index (χ0) is 15.8. The average molecular weight is 335 g/mol. The van der Waals surface area contributed by atoms with Gasteiger partial charge in [-0.1, -0.05) is 68.9 Å². The highest BCUT2D eigenvalue weighted by molar-refractivity contribution is 5.26. The summed E-state index contributed by atoms with van der Waals surface area (Å²) in [5.74, 6) is 6.86. The fourth-order valence-electron chi connectivity index (χ4n) is 3.42. The Morgan fingerprint density at radius 1 is 1.09 bits per heavy atom. The molecule has 128 valence electrons. The van der Waals surface area contributed by atoms with Crippen molar-refractivity contribution in [3.05, 3.63) is 35.9 Å². The lowest BCUT2D eigenvalue weighted by atomic mass is 9.78. The van der Waals surface area contributed by atoms with Crippen LogP contribution in [0.2, 0.25) is 0 Å². The van der Waals surface area contributed by atoms with Gasteiger partial charge in [0.25, 0.3) is 0 Å². The molecule has 1 aromatic rings. The zero-order valence-corrected chi connectivity index (χ0v) is 15.1. The van der Waals surface area contributed by atoms with Crippen LogP contribution in [0.25, 0.3) is 0 Å². The van der Waals surface area contributed by atoms with Crippen molar-refractivity contribution in [1.82, 2.24) is 4.90 Å². The van der Waals surface area contributed by atoms with E-state index in [1.54, 1.807) is 0 Å². The normalized spacial score (nSPS) is 17.2. The van der Waals surface area contributed by atoms with Crippen molar-refractivity contribution >= 4 is 0 Å². The Balaban J connectivity index is 0.00000264. The molecule has 1 unspecified atom stereocenters. The zero-order valence-electron chi connectivity index (χ0n) is 14.4. The van der Waals surface area contributed by atoms with Crippen molar-refractivity contribution in [2.75, 3.05) is 19.6 Å². The van der Waals surface area contributed by atoms with Crippen molar-refractivity contribution in [3.8, 4) is 11.8 Å².